The lowest BCUT2D eigenvalue weighted by molar-refractivity contribution is -0.384. The molecule has 1 saturated heterocycles. The molecule has 102 valence electrons. The molecule has 19 heavy (non-hydrogen) atoms. The molecule has 1 amide bonds. The molecule has 2 rings (SSSR count). The molecule has 1 aliphatic heterocycles. The van der Waals surface area contributed by atoms with Crippen LogP contribution < -0.4 is 0 Å². The van der Waals surface area contributed by atoms with Gasteiger partial charge in [-0.25, -0.2) is 0 Å². The number of hydrogen-bond acceptors (Lipinski definition) is 5. The minimum atomic E-state index is -0.542. The van der Waals surface area contributed by atoms with Gasteiger partial charge in [0.05, 0.1) is 30.8 Å². The highest BCUT2D eigenvalue weighted by atomic mass is 16.6. The minimum Gasteiger partial charge on any atom is -0.394 e. The van der Waals surface area contributed by atoms with Gasteiger partial charge in [-0.2, -0.15) is 0 Å². The molecule has 1 heterocycles. The number of carbonyl (C=O) groups is 1. The summed E-state index contributed by atoms with van der Waals surface area (Å²) in [5, 5.41) is 19.9. The first-order valence-electron chi connectivity index (χ1n) is 5.87. The molecule has 7 heteroatoms. The molecule has 0 radical (unpaired) electrons. The van der Waals surface area contributed by atoms with E-state index in [0.29, 0.717) is 13.2 Å². The van der Waals surface area contributed by atoms with Gasteiger partial charge in [0, 0.05) is 24.2 Å². The summed E-state index contributed by atoms with van der Waals surface area (Å²) in [5.41, 5.74) is 0.120. The van der Waals surface area contributed by atoms with Gasteiger partial charge < -0.3 is 14.7 Å². The van der Waals surface area contributed by atoms with Crippen molar-refractivity contribution in [1.29, 1.82) is 0 Å². The smallest absolute Gasteiger partial charge is 0.270 e. The van der Waals surface area contributed by atoms with E-state index in [1.165, 1.54) is 29.2 Å². The van der Waals surface area contributed by atoms with Gasteiger partial charge in [0.25, 0.3) is 11.6 Å². The first-order chi connectivity index (χ1) is 9.13. The number of nitrogens with zero attached hydrogens (tertiary/aromatic N) is 2. The van der Waals surface area contributed by atoms with Crippen LogP contribution in [0, 0.1) is 10.1 Å². The largest absolute Gasteiger partial charge is 0.394 e. The van der Waals surface area contributed by atoms with Gasteiger partial charge in [-0.3, -0.25) is 14.9 Å². The van der Waals surface area contributed by atoms with E-state index in [1.54, 1.807) is 0 Å². The second-order valence-corrected chi connectivity index (χ2v) is 4.22. The molecule has 1 aromatic carbocycles. The monoisotopic (exact) mass is 266 g/mol. The van der Waals surface area contributed by atoms with Crippen LogP contribution in [0.3, 0.4) is 0 Å². The number of nitro benzene ring substituents is 1. The number of hydrogen-bond donors (Lipinski definition) is 1. The van der Waals surface area contributed by atoms with E-state index in [1.807, 2.05) is 0 Å². The Morgan fingerprint density at radius 2 is 2.37 bits per heavy atom. The van der Waals surface area contributed by atoms with Crippen LogP contribution in [0.5, 0.6) is 0 Å². The summed E-state index contributed by atoms with van der Waals surface area (Å²) in [6.07, 6.45) is 0. The highest BCUT2D eigenvalue weighted by Crippen LogP contribution is 2.17. The molecule has 1 aliphatic rings. The van der Waals surface area contributed by atoms with E-state index in [4.69, 9.17) is 4.74 Å². The maximum atomic E-state index is 12.3. The molecule has 0 bridgehead atoms. The van der Waals surface area contributed by atoms with Crippen LogP contribution in [0.2, 0.25) is 0 Å². The number of rotatable bonds is 3. The minimum absolute atomic E-state index is 0.125. The average Bonchev–Trinajstić information content (AvgIpc) is 2.46. The Hall–Kier alpha value is -1.99. The SMILES string of the molecule is O=C(c1cccc([N+](=O)[O-])c1)N1CCOCC1CO. The maximum Gasteiger partial charge on any atom is 0.270 e. The van der Waals surface area contributed by atoms with Gasteiger partial charge in [0.15, 0.2) is 0 Å². The van der Waals surface area contributed by atoms with Crippen molar-refractivity contribution in [3.8, 4) is 0 Å². The first kappa shape index (κ1) is 13.4. The van der Waals surface area contributed by atoms with Crippen LogP contribution in [-0.2, 0) is 4.74 Å². The molecule has 1 unspecified atom stereocenters. The molecule has 1 N–H and O–H groups in total. The standard InChI is InChI=1S/C12H14N2O5/c15-7-11-8-19-5-4-13(11)12(16)9-2-1-3-10(6-9)14(17)18/h1-3,6,11,15H,4-5,7-8H2. The van der Waals surface area contributed by atoms with E-state index in [0.717, 1.165) is 0 Å². The van der Waals surface area contributed by atoms with Crippen molar-refractivity contribution < 1.29 is 19.6 Å². The lowest BCUT2D eigenvalue weighted by Gasteiger charge is -2.34. The van der Waals surface area contributed by atoms with Crippen molar-refractivity contribution >= 4 is 11.6 Å². The van der Waals surface area contributed by atoms with Crippen molar-refractivity contribution in [2.75, 3.05) is 26.4 Å². The molecule has 7 nitrogen and oxygen atoms in total. The number of ether oxygens (including phenoxy) is 1. The Labute approximate surface area is 109 Å². The predicted molar refractivity (Wildman–Crippen MR) is 65.8 cm³/mol. The molecule has 1 atom stereocenters. The average molecular weight is 266 g/mol. The zero-order valence-electron chi connectivity index (χ0n) is 10.2. The zero-order valence-corrected chi connectivity index (χ0v) is 10.2. The predicted octanol–water partition coefficient (Wildman–Crippen LogP) is 0.428. The van der Waals surface area contributed by atoms with Gasteiger partial charge in [-0.05, 0) is 6.07 Å². The van der Waals surface area contributed by atoms with Crippen LogP contribution in [0.15, 0.2) is 24.3 Å². The highest BCUT2D eigenvalue weighted by Gasteiger charge is 2.28. The Balaban J connectivity index is 2.22. The number of benzene rings is 1. The summed E-state index contributed by atoms with van der Waals surface area (Å²) in [5.74, 6) is -0.328. The Morgan fingerprint density at radius 1 is 1.58 bits per heavy atom. The summed E-state index contributed by atoms with van der Waals surface area (Å²) in [4.78, 5) is 23.9. The van der Waals surface area contributed by atoms with Crippen LogP contribution in [0.25, 0.3) is 0 Å². The molecule has 1 aromatic rings. The molecular formula is C12H14N2O5. The van der Waals surface area contributed by atoms with Gasteiger partial charge in [-0.15, -0.1) is 0 Å². The van der Waals surface area contributed by atoms with E-state index in [2.05, 4.69) is 0 Å². The first-order valence-corrected chi connectivity index (χ1v) is 5.87. The van der Waals surface area contributed by atoms with Crippen LogP contribution >= 0.6 is 0 Å². The molecule has 0 saturated carbocycles. The fourth-order valence-electron chi connectivity index (χ4n) is 1.99. The van der Waals surface area contributed by atoms with Crippen molar-refractivity contribution in [3.63, 3.8) is 0 Å². The van der Waals surface area contributed by atoms with Crippen molar-refractivity contribution in [2.24, 2.45) is 0 Å². The molecule has 0 aromatic heterocycles. The van der Waals surface area contributed by atoms with Crippen molar-refractivity contribution in [1.82, 2.24) is 4.90 Å². The van der Waals surface area contributed by atoms with Gasteiger partial charge >= 0.3 is 0 Å². The van der Waals surface area contributed by atoms with Gasteiger partial charge in [0.1, 0.15) is 0 Å². The molecule has 0 spiro atoms. The lowest BCUT2D eigenvalue weighted by Crippen LogP contribution is -2.50. The van der Waals surface area contributed by atoms with E-state index in [9.17, 15) is 20.0 Å². The number of carbonyl (C=O) groups excluding carboxylic acids is 1. The fourth-order valence-corrected chi connectivity index (χ4v) is 1.99. The Morgan fingerprint density at radius 3 is 3.05 bits per heavy atom. The maximum absolute atomic E-state index is 12.3. The normalized spacial score (nSPS) is 19.2. The second kappa shape index (κ2) is 5.77. The summed E-state index contributed by atoms with van der Waals surface area (Å²) < 4.78 is 5.19. The van der Waals surface area contributed by atoms with Crippen molar-refractivity contribution in [2.45, 2.75) is 6.04 Å². The third-order valence-electron chi connectivity index (χ3n) is 3.00. The Bertz CT molecular complexity index is 491. The number of aliphatic hydroxyl groups excluding tert-OH is 1. The van der Waals surface area contributed by atoms with E-state index in [-0.39, 0.29) is 30.4 Å². The Kier molecular flexibility index (Phi) is 4.08. The second-order valence-electron chi connectivity index (χ2n) is 4.22. The summed E-state index contributed by atoms with van der Waals surface area (Å²) in [7, 11) is 0. The number of amides is 1. The molecule has 1 fully saturated rings. The van der Waals surface area contributed by atoms with Crippen LogP contribution in [-0.4, -0.2) is 53.2 Å². The topological polar surface area (TPSA) is 92.9 Å². The quantitative estimate of drug-likeness (QED) is 0.632. The van der Waals surface area contributed by atoms with Gasteiger partial charge in [-0.1, -0.05) is 6.07 Å². The third-order valence-corrected chi connectivity index (χ3v) is 3.00. The fraction of sp³-hybridized carbons (Fsp3) is 0.417. The van der Waals surface area contributed by atoms with Crippen LogP contribution in [0.1, 0.15) is 10.4 Å². The van der Waals surface area contributed by atoms with E-state index >= 15 is 0 Å². The number of non-ortho nitro benzene ring substituents is 1. The summed E-state index contributed by atoms with van der Waals surface area (Å²) >= 11 is 0. The molecular weight excluding hydrogens is 252 g/mol. The van der Waals surface area contributed by atoms with E-state index < -0.39 is 11.0 Å². The van der Waals surface area contributed by atoms with Crippen LogP contribution in [0.4, 0.5) is 5.69 Å². The van der Waals surface area contributed by atoms with Crippen molar-refractivity contribution in [3.05, 3.63) is 39.9 Å². The highest BCUT2D eigenvalue weighted by molar-refractivity contribution is 5.95. The third kappa shape index (κ3) is 2.88. The number of nitro groups is 1. The summed E-state index contributed by atoms with van der Waals surface area (Å²) in [6, 6.07) is 5.17. The zero-order chi connectivity index (χ0) is 13.8. The molecule has 0 aliphatic carbocycles. The number of aliphatic hydroxyl groups is 1. The van der Waals surface area contributed by atoms with Gasteiger partial charge in [0.2, 0.25) is 0 Å². The number of morpholine rings is 1. The lowest BCUT2D eigenvalue weighted by atomic mass is 10.1. The summed E-state index contributed by atoms with van der Waals surface area (Å²) in [6.45, 7) is 0.849.